The van der Waals surface area contributed by atoms with E-state index in [0.717, 1.165) is 37.8 Å². The molecule has 1 aliphatic carbocycles. The van der Waals surface area contributed by atoms with Crippen molar-refractivity contribution in [2.24, 2.45) is 0 Å². The van der Waals surface area contributed by atoms with Crippen LogP contribution in [0.2, 0.25) is 0 Å². The van der Waals surface area contributed by atoms with Crippen LogP contribution in [0.25, 0.3) is 0 Å². The van der Waals surface area contributed by atoms with Crippen LogP contribution >= 0.6 is 0 Å². The molecule has 0 aromatic heterocycles. The minimum Gasteiger partial charge on any atom is -0.399 e. The molecular weight excluding hydrogens is 286 g/mol. The first-order valence-electron chi connectivity index (χ1n) is 6.64. The topological polar surface area (TPSA) is 63.4 Å². The molecule has 0 saturated heterocycles. The molecule has 1 fully saturated rings. The van der Waals surface area contributed by atoms with Crippen LogP contribution in [0.3, 0.4) is 0 Å². The minimum atomic E-state index is -4.18. The maximum atomic E-state index is 13.9. The van der Waals surface area contributed by atoms with Crippen molar-refractivity contribution in [1.29, 1.82) is 0 Å². The highest BCUT2D eigenvalue weighted by atomic mass is 32.2. The van der Waals surface area contributed by atoms with Crippen LogP contribution in [-0.4, -0.2) is 25.3 Å². The van der Waals surface area contributed by atoms with Gasteiger partial charge in [-0.3, -0.25) is 0 Å². The lowest BCUT2D eigenvalue weighted by Gasteiger charge is -2.27. The standard InChI is InChI=1S/C13H18F2N2O2S/c1-2-17(10-5-3-4-6-10)20(18,19)13-11(14)7-9(16)8-12(13)15/h7-8,10H,2-6,16H2,1H3. The third-order valence-corrected chi connectivity index (χ3v) is 5.71. The van der Waals surface area contributed by atoms with E-state index in [1.54, 1.807) is 6.92 Å². The summed E-state index contributed by atoms with van der Waals surface area (Å²) in [6.07, 6.45) is 3.32. The fourth-order valence-electron chi connectivity index (χ4n) is 2.76. The molecule has 0 bridgehead atoms. The van der Waals surface area contributed by atoms with E-state index in [1.807, 2.05) is 0 Å². The molecule has 1 aromatic rings. The summed E-state index contributed by atoms with van der Waals surface area (Å²) >= 11 is 0. The Bertz CT molecular complexity index is 575. The van der Waals surface area contributed by atoms with Gasteiger partial charge >= 0.3 is 0 Å². The predicted octanol–water partition coefficient (Wildman–Crippen LogP) is 2.50. The first-order chi connectivity index (χ1) is 9.37. The summed E-state index contributed by atoms with van der Waals surface area (Å²) in [5.41, 5.74) is 5.18. The van der Waals surface area contributed by atoms with Crippen molar-refractivity contribution in [1.82, 2.24) is 4.31 Å². The van der Waals surface area contributed by atoms with Gasteiger partial charge in [-0.2, -0.15) is 4.31 Å². The molecule has 0 aliphatic heterocycles. The molecule has 0 heterocycles. The molecule has 1 aliphatic rings. The zero-order chi connectivity index (χ0) is 14.9. The Morgan fingerprint density at radius 3 is 2.20 bits per heavy atom. The number of rotatable bonds is 4. The second kappa shape index (κ2) is 5.65. The van der Waals surface area contributed by atoms with E-state index in [2.05, 4.69) is 0 Å². The van der Waals surface area contributed by atoms with E-state index >= 15 is 0 Å². The zero-order valence-electron chi connectivity index (χ0n) is 11.3. The van der Waals surface area contributed by atoms with Gasteiger partial charge in [0.15, 0.2) is 4.90 Å². The van der Waals surface area contributed by atoms with Gasteiger partial charge in [0, 0.05) is 18.3 Å². The van der Waals surface area contributed by atoms with Gasteiger partial charge in [-0.1, -0.05) is 19.8 Å². The van der Waals surface area contributed by atoms with Crippen molar-refractivity contribution >= 4 is 15.7 Å². The van der Waals surface area contributed by atoms with Gasteiger partial charge < -0.3 is 5.73 Å². The quantitative estimate of drug-likeness (QED) is 0.869. The summed E-state index contributed by atoms with van der Waals surface area (Å²) < 4.78 is 53.9. The number of benzene rings is 1. The highest BCUT2D eigenvalue weighted by molar-refractivity contribution is 7.89. The Morgan fingerprint density at radius 2 is 1.75 bits per heavy atom. The number of hydrogen-bond donors (Lipinski definition) is 1. The van der Waals surface area contributed by atoms with Crippen LogP contribution in [0.15, 0.2) is 17.0 Å². The number of nitrogen functional groups attached to an aromatic ring is 1. The average molecular weight is 304 g/mol. The first-order valence-corrected chi connectivity index (χ1v) is 8.08. The van der Waals surface area contributed by atoms with Gasteiger partial charge in [-0.15, -0.1) is 0 Å². The Kier molecular flexibility index (Phi) is 4.29. The van der Waals surface area contributed by atoms with Crippen molar-refractivity contribution in [2.45, 2.75) is 43.5 Å². The summed E-state index contributed by atoms with van der Waals surface area (Å²) in [4.78, 5) is -0.902. The number of nitrogens with two attached hydrogens (primary N) is 1. The second-order valence-electron chi connectivity index (χ2n) is 4.96. The third kappa shape index (κ3) is 2.64. The van der Waals surface area contributed by atoms with Crippen LogP contribution in [0.4, 0.5) is 14.5 Å². The molecule has 4 nitrogen and oxygen atoms in total. The second-order valence-corrected chi connectivity index (χ2v) is 6.79. The van der Waals surface area contributed by atoms with E-state index in [4.69, 9.17) is 5.73 Å². The van der Waals surface area contributed by atoms with Crippen LogP contribution in [0, 0.1) is 11.6 Å². The Morgan fingerprint density at radius 1 is 1.25 bits per heavy atom. The smallest absolute Gasteiger partial charge is 0.249 e. The highest BCUT2D eigenvalue weighted by Crippen LogP contribution is 2.31. The number of hydrogen-bond acceptors (Lipinski definition) is 3. The molecule has 1 saturated carbocycles. The van der Waals surface area contributed by atoms with E-state index in [0.29, 0.717) is 0 Å². The van der Waals surface area contributed by atoms with Gasteiger partial charge in [-0.05, 0) is 25.0 Å². The fourth-order valence-corrected chi connectivity index (χ4v) is 4.55. The minimum absolute atomic E-state index is 0.136. The van der Waals surface area contributed by atoms with Crippen LogP contribution in [-0.2, 0) is 10.0 Å². The molecule has 1 aromatic carbocycles. The molecule has 0 amide bonds. The van der Waals surface area contributed by atoms with Gasteiger partial charge in [0.2, 0.25) is 10.0 Å². The van der Waals surface area contributed by atoms with Crippen molar-refractivity contribution in [3.05, 3.63) is 23.8 Å². The molecule has 20 heavy (non-hydrogen) atoms. The van der Waals surface area contributed by atoms with Gasteiger partial charge in [0.25, 0.3) is 0 Å². The zero-order valence-corrected chi connectivity index (χ0v) is 12.1. The van der Waals surface area contributed by atoms with E-state index < -0.39 is 26.6 Å². The lowest BCUT2D eigenvalue weighted by Crippen LogP contribution is -2.39. The van der Waals surface area contributed by atoms with Gasteiger partial charge in [0.05, 0.1) is 0 Å². The Labute approximate surface area is 117 Å². The molecular formula is C13H18F2N2O2S. The predicted molar refractivity (Wildman–Crippen MR) is 72.6 cm³/mol. The molecule has 0 atom stereocenters. The molecule has 0 radical (unpaired) electrons. The monoisotopic (exact) mass is 304 g/mol. The lowest BCUT2D eigenvalue weighted by molar-refractivity contribution is 0.331. The molecule has 0 unspecified atom stereocenters. The number of halogens is 2. The van der Waals surface area contributed by atoms with E-state index in [9.17, 15) is 17.2 Å². The highest BCUT2D eigenvalue weighted by Gasteiger charge is 2.35. The van der Waals surface area contributed by atoms with Crippen molar-refractivity contribution in [3.8, 4) is 0 Å². The maximum Gasteiger partial charge on any atom is 0.249 e. The summed E-state index contributed by atoms with van der Waals surface area (Å²) in [6.45, 7) is 1.86. The van der Waals surface area contributed by atoms with Gasteiger partial charge in [0.1, 0.15) is 11.6 Å². The Balaban J connectivity index is 2.48. The average Bonchev–Trinajstić information content (AvgIpc) is 2.80. The Hall–Kier alpha value is -1.21. The lowest BCUT2D eigenvalue weighted by atomic mass is 10.2. The largest absolute Gasteiger partial charge is 0.399 e. The van der Waals surface area contributed by atoms with Crippen LogP contribution in [0.1, 0.15) is 32.6 Å². The summed E-state index contributed by atoms with van der Waals surface area (Å²) in [5.74, 6) is -2.28. The third-order valence-electron chi connectivity index (χ3n) is 3.63. The first kappa shape index (κ1) is 15.2. The molecule has 112 valence electrons. The maximum absolute atomic E-state index is 13.9. The molecule has 0 spiro atoms. The summed E-state index contributed by atoms with van der Waals surface area (Å²) in [7, 11) is -4.18. The summed E-state index contributed by atoms with van der Waals surface area (Å²) in [6, 6.07) is 1.48. The van der Waals surface area contributed by atoms with E-state index in [1.165, 1.54) is 4.31 Å². The van der Waals surface area contributed by atoms with Gasteiger partial charge in [-0.25, -0.2) is 17.2 Å². The fraction of sp³-hybridized carbons (Fsp3) is 0.538. The number of sulfonamides is 1. The molecule has 7 heteroatoms. The SMILES string of the molecule is CCN(C1CCCC1)S(=O)(=O)c1c(F)cc(N)cc1F. The van der Waals surface area contributed by atoms with Crippen molar-refractivity contribution < 1.29 is 17.2 Å². The van der Waals surface area contributed by atoms with Crippen LogP contribution in [0.5, 0.6) is 0 Å². The molecule has 2 rings (SSSR count). The van der Waals surface area contributed by atoms with E-state index in [-0.39, 0.29) is 18.3 Å². The summed E-state index contributed by atoms with van der Waals surface area (Å²) in [5, 5.41) is 0. The van der Waals surface area contributed by atoms with Crippen molar-refractivity contribution in [3.63, 3.8) is 0 Å². The normalized spacial score (nSPS) is 17.0. The molecule has 2 N–H and O–H groups in total. The van der Waals surface area contributed by atoms with Crippen molar-refractivity contribution in [2.75, 3.05) is 12.3 Å². The number of nitrogens with zero attached hydrogens (tertiary/aromatic N) is 1. The number of anilines is 1. The van der Waals surface area contributed by atoms with Crippen LogP contribution < -0.4 is 5.73 Å².